The first kappa shape index (κ1) is 17.2. The zero-order valence-corrected chi connectivity index (χ0v) is 18.2. The molecule has 2 bridgehead atoms. The molecule has 3 heterocycles. The predicted octanol–water partition coefficient (Wildman–Crippen LogP) is 4.38. The van der Waals surface area contributed by atoms with Crippen LogP contribution < -0.4 is 9.47 Å². The molecule has 2 aliphatic heterocycles. The van der Waals surface area contributed by atoms with Gasteiger partial charge in [-0.05, 0) is 56.1 Å². The number of aromatic nitrogens is 1. The summed E-state index contributed by atoms with van der Waals surface area (Å²) < 4.78 is 15.2. The molecule has 4 aliphatic rings. The quantitative estimate of drug-likeness (QED) is 0.606. The van der Waals surface area contributed by atoms with Gasteiger partial charge in [0.1, 0.15) is 6.10 Å². The maximum absolute atomic E-state index is 6.97. The Balaban J connectivity index is 1.62. The fourth-order valence-corrected chi connectivity index (χ4v) is 7.84. The number of hydrogen-bond donors (Lipinski definition) is 0. The average Bonchev–Trinajstić information content (AvgIpc) is 3.23. The van der Waals surface area contributed by atoms with Crippen LogP contribution in [0.3, 0.4) is 0 Å². The number of piperidine rings is 1. The highest BCUT2D eigenvalue weighted by molar-refractivity contribution is 5.87. The molecule has 0 saturated carbocycles. The minimum absolute atomic E-state index is 0.0107. The van der Waals surface area contributed by atoms with E-state index in [1.807, 2.05) is 0 Å². The Morgan fingerprint density at radius 2 is 1.97 bits per heavy atom. The topological polar surface area (TPSA) is 26.6 Å². The Kier molecular flexibility index (Phi) is 3.01. The summed E-state index contributed by atoms with van der Waals surface area (Å²) >= 11 is 0. The Bertz CT molecular complexity index is 1240. The van der Waals surface area contributed by atoms with Crippen molar-refractivity contribution in [3.63, 3.8) is 0 Å². The van der Waals surface area contributed by atoms with E-state index in [4.69, 9.17) is 9.47 Å². The third-order valence-corrected chi connectivity index (χ3v) is 9.17. The smallest absolute Gasteiger partial charge is 0.166 e. The molecule has 4 atom stereocenters. The molecule has 1 aromatic heterocycles. The SMILES string of the molecule is COc1ccc2c3c1OC1c4c(c5ccccc5n4C)C[C@@]4(C)[C@@H](C2)N(C)CC[C@]314. The molecule has 0 N–H and O–H groups in total. The summed E-state index contributed by atoms with van der Waals surface area (Å²) in [6, 6.07) is 13.8. The number of ether oxygens (including phenoxy) is 2. The van der Waals surface area contributed by atoms with Crippen molar-refractivity contribution in [2.75, 3.05) is 20.7 Å². The van der Waals surface area contributed by atoms with E-state index in [-0.39, 0.29) is 16.9 Å². The van der Waals surface area contributed by atoms with Gasteiger partial charge in [0.15, 0.2) is 11.5 Å². The molecule has 2 aliphatic carbocycles. The summed E-state index contributed by atoms with van der Waals surface area (Å²) in [5.41, 5.74) is 7.24. The number of hydrogen-bond acceptors (Lipinski definition) is 3. The second kappa shape index (κ2) is 5.23. The van der Waals surface area contributed by atoms with Crippen LogP contribution in [0.4, 0.5) is 0 Å². The standard InChI is InChI=1S/C26H28N2O2/c1-25-14-17-16-7-5-6-8-18(16)28(3)22(17)24-26(25)11-12-27(2)20(25)13-15-9-10-19(29-4)23(30-24)21(15)26/h5-10,20,24H,11-14H2,1-4H3/t20-,24?,25+,26+/m1/s1. The van der Waals surface area contributed by atoms with E-state index in [1.165, 1.54) is 33.3 Å². The van der Waals surface area contributed by atoms with Crippen molar-refractivity contribution < 1.29 is 9.47 Å². The van der Waals surface area contributed by atoms with Crippen LogP contribution in [0.25, 0.3) is 10.9 Å². The highest BCUT2D eigenvalue weighted by atomic mass is 16.5. The molecule has 1 unspecified atom stereocenters. The minimum Gasteiger partial charge on any atom is -0.493 e. The van der Waals surface area contributed by atoms with Crippen molar-refractivity contribution in [1.29, 1.82) is 0 Å². The van der Waals surface area contributed by atoms with Gasteiger partial charge in [-0.1, -0.05) is 31.2 Å². The van der Waals surface area contributed by atoms with Gasteiger partial charge in [0, 0.05) is 35.0 Å². The molecule has 4 nitrogen and oxygen atoms in total. The number of likely N-dealkylation sites (tertiary alicyclic amines) is 1. The molecule has 1 spiro atoms. The van der Waals surface area contributed by atoms with Gasteiger partial charge in [-0.3, -0.25) is 0 Å². The van der Waals surface area contributed by atoms with Crippen LogP contribution in [-0.2, 0) is 25.3 Å². The Hall–Kier alpha value is -2.46. The maximum atomic E-state index is 6.97. The van der Waals surface area contributed by atoms with Crippen molar-refractivity contribution >= 4 is 10.9 Å². The first-order valence-corrected chi connectivity index (χ1v) is 11.1. The molecule has 0 amide bonds. The van der Waals surface area contributed by atoms with E-state index in [2.05, 4.69) is 66.9 Å². The van der Waals surface area contributed by atoms with E-state index < -0.39 is 0 Å². The van der Waals surface area contributed by atoms with Crippen LogP contribution in [0.1, 0.15) is 41.8 Å². The van der Waals surface area contributed by atoms with Gasteiger partial charge in [-0.2, -0.15) is 0 Å². The number of methoxy groups -OCH3 is 1. The van der Waals surface area contributed by atoms with Crippen LogP contribution in [0.2, 0.25) is 0 Å². The lowest BCUT2D eigenvalue weighted by molar-refractivity contribution is -0.0912. The number of rotatable bonds is 1. The first-order chi connectivity index (χ1) is 14.5. The molecule has 1 saturated heterocycles. The van der Waals surface area contributed by atoms with Gasteiger partial charge >= 0.3 is 0 Å². The van der Waals surface area contributed by atoms with Crippen LogP contribution >= 0.6 is 0 Å². The monoisotopic (exact) mass is 400 g/mol. The molecular formula is C26H28N2O2. The second-order valence-electron chi connectivity index (χ2n) is 10.1. The molecular weight excluding hydrogens is 372 g/mol. The van der Waals surface area contributed by atoms with Gasteiger partial charge in [0.25, 0.3) is 0 Å². The van der Waals surface area contributed by atoms with Crippen LogP contribution in [-0.4, -0.2) is 36.2 Å². The van der Waals surface area contributed by atoms with E-state index in [0.29, 0.717) is 6.04 Å². The highest BCUT2D eigenvalue weighted by Crippen LogP contribution is 2.72. The minimum atomic E-state index is 0.0107. The lowest BCUT2D eigenvalue weighted by atomic mass is 9.44. The molecule has 7 rings (SSSR count). The van der Waals surface area contributed by atoms with Crippen molar-refractivity contribution in [3.05, 3.63) is 58.8 Å². The summed E-state index contributed by atoms with van der Waals surface area (Å²) in [5.74, 6) is 1.89. The van der Waals surface area contributed by atoms with Gasteiger partial charge in [0.05, 0.1) is 18.2 Å². The lowest BCUT2D eigenvalue weighted by Gasteiger charge is -2.64. The zero-order valence-electron chi connectivity index (χ0n) is 18.2. The average molecular weight is 401 g/mol. The van der Waals surface area contributed by atoms with Crippen molar-refractivity contribution in [2.45, 2.75) is 43.7 Å². The Morgan fingerprint density at radius 3 is 2.80 bits per heavy atom. The van der Waals surface area contributed by atoms with Crippen LogP contribution in [0.15, 0.2) is 36.4 Å². The fourth-order valence-electron chi connectivity index (χ4n) is 7.84. The van der Waals surface area contributed by atoms with Crippen LogP contribution in [0, 0.1) is 5.41 Å². The summed E-state index contributed by atoms with van der Waals surface area (Å²) in [5, 5.41) is 1.39. The van der Waals surface area contributed by atoms with E-state index in [0.717, 1.165) is 37.3 Å². The predicted molar refractivity (Wildman–Crippen MR) is 118 cm³/mol. The largest absolute Gasteiger partial charge is 0.493 e. The maximum Gasteiger partial charge on any atom is 0.166 e. The third kappa shape index (κ3) is 1.62. The summed E-state index contributed by atoms with van der Waals surface area (Å²) in [4.78, 5) is 2.61. The van der Waals surface area contributed by atoms with Crippen molar-refractivity contribution in [2.24, 2.45) is 12.5 Å². The molecule has 0 radical (unpaired) electrons. The number of para-hydroxylation sites is 1. The second-order valence-corrected chi connectivity index (χ2v) is 10.1. The van der Waals surface area contributed by atoms with Gasteiger partial charge in [-0.25, -0.2) is 0 Å². The number of aryl methyl sites for hydroxylation is 1. The van der Waals surface area contributed by atoms with Gasteiger partial charge in [-0.15, -0.1) is 0 Å². The Labute approximate surface area is 177 Å². The van der Waals surface area contributed by atoms with E-state index in [1.54, 1.807) is 7.11 Å². The zero-order chi connectivity index (χ0) is 20.4. The number of benzene rings is 2. The molecule has 2 aromatic carbocycles. The summed E-state index contributed by atoms with van der Waals surface area (Å²) in [6.07, 6.45) is 3.38. The van der Waals surface area contributed by atoms with Crippen molar-refractivity contribution in [1.82, 2.24) is 9.47 Å². The van der Waals surface area contributed by atoms with E-state index >= 15 is 0 Å². The first-order valence-electron chi connectivity index (χ1n) is 11.1. The summed E-state index contributed by atoms with van der Waals surface area (Å²) in [6.45, 7) is 3.67. The number of likely N-dealkylation sites (N-methyl/N-ethyl adjacent to an activating group) is 1. The molecule has 30 heavy (non-hydrogen) atoms. The molecule has 3 aromatic rings. The Morgan fingerprint density at radius 1 is 1.13 bits per heavy atom. The third-order valence-electron chi connectivity index (χ3n) is 9.17. The van der Waals surface area contributed by atoms with Gasteiger partial charge < -0.3 is 18.9 Å². The lowest BCUT2D eigenvalue weighted by Crippen LogP contribution is -2.68. The fraction of sp³-hybridized carbons (Fsp3) is 0.462. The highest BCUT2D eigenvalue weighted by Gasteiger charge is 2.70. The number of fused-ring (bicyclic) bond motifs is 4. The normalized spacial score (nSPS) is 33.2. The molecule has 1 fully saturated rings. The number of nitrogens with zero attached hydrogens (tertiary/aromatic N) is 2. The van der Waals surface area contributed by atoms with E-state index in [9.17, 15) is 0 Å². The van der Waals surface area contributed by atoms with Crippen molar-refractivity contribution in [3.8, 4) is 11.5 Å². The van der Waals surface area contributed by atoms with Crippen LogP contribution in [0.5, 0.6) is 11.5 Å². The molecule has 154 valence electrons. The van der Waals surface area contributed by atoms with Gasteiger partial charge in [0.2, 0.25) is 0 Å². The molecule has 4 heteroatoms. The summed E-state index contributed by atoms with van der Waals surface area (Å²) in [7, 11) is 6.31.